The predicted octanol–water partition coefficient (Wildman–Crippen LogP) is 3.55. The number of hydrogen-bond acceptors (Lipinski definition) is 6. The number of methoxy groups -OCH3 is 1. The van der Waals surface area contributed by atoms with Gasteiger partial charge in [0.1, 0.15) is 10.6 Å². The number of hydrogen-bond donors (Lipinski definition) is 2. The number of nitrogens with one attached hydrogen (secondary N) is 2. The Morgan fingerprint density at radius 1 is 1.03 bits per heavy atom. The molecule has 33 heavy (non-hydrogen) atoms. The summed E-state index contributed by atoms with van der Waals surface area (Å²) in [6.07, 6.45) is 1.59. The standard InChI is InChI=1S/C23H24ClN3O5S/c1-3-32-22-12-17(10-11-25-22)14-26-23(28)18-6-9-20(31-2)21(13-18)33(29,30)27-15-16-4-7-19(24)8-5-16/h4-13,27H,3,14-15H2,1-2H3,(H,26,28). The van der Waals surface area contributed by atoms with Crippen molar-refractivity contribution >= 4 is 27.5 Å². The minimum atomic E-state index is -3.96. The van der Waals surface area contributed by atoms with Crippen LogP contribution >= 0.6 is 11.6 Å². The fraction of sp³-hybridized carbons (Fsp3) is 0.217. The lowest BCUT2D eigenvalue weighted by atomic mass is 10.2. The van der Waals surface area contributed by atoms with Crippen molar-refractivity contribution in [2.45, 2.75) is 24.9 Å². The average molecular weight is 490 g/mol. The number of carbonyl (C=O) groups excluding carboxylic acids is 1. The quantitative estimate of drug-likeness (QED) is 0.451. The Bertz CT molecular complexity index is 1220. The van der Waals surface area contributed by atoms with Gasteiger partial charge >= 0.3 is 0 Å². The van der Waals surface area contributed by atoms with E-state index in [1.165, 1.54) is 25.3 Å². The van der Waals surface area contributed by atoms with Gasteiger partial charge in [-0.3, -0.25) is 4.79 Å². The Balaban J connectivity index is 1.74. The summed E-state index contributed by atoms with van der Waals surface area (Å²) in [5.41, 5.74) is 1.72. The van der Waals surface area contributed by atoms with Crippen molar-refractivity contribution in [3.05, 3.63) is 82.5 Å². The number of rotatable bonds is 10. The van der Waals surface area contributed by atoms with Crippen LogP contribution in [-0.4, -0.2) is 33.0 Å². The zero-order valence-electron chi connectivity index (χ0n) is 18.2. The normalized spacial score (nSPS) is 11.1. The molecule has 0 saturated carbocycles. The SMILES string of the molecule is CCOc1cc(CNC(=O)c2ccc(OC)c(S(=O)(=O)NCc3ccc(Cl)cc3)c2)ccn1. The van der Waals surface area contributed by atoms with Crippen LogP contribution in [0.25, 0.3) is 0 Å². The van der Waals surface area contributed by atoms with Crippen molar-refractivity contribution in [1.82, 2.24) is 15.0 Å². The largest absolute Gasteiger partial charge is 0.495 e. The van der Waals surface area contributed by atoms with Gasteiger partial charge < -0.3 is 14.8 Å². The smallest absolute Gasteiger partial charge is 0.251 e. The molecule has 0 aliphatic rings. The van der Waals surface area contributed by atoms with Crippen LogP contribution in [0.5, 0.6) is 11.6 Å². The minimum Gasteiger partial charge on any atom is -0.495 e. The van der Waals surface area contributed by atoms with Gasteiger partial charge in [0.25, 0.3) is 5.91 Å². The summed E-state index contributed by atoms with van der Waals surface area (Å²) in [5.74, 6) is 0.168. The summed E-state index contributed by atoms with van der Waals surface area (Å²) in [7, 11) is -2.59. The van der Waals surface area contributed by atoms with Crippen LogP contribution in [0.15, 0.2) is 65.7 Å². The summed E-state index contributed by atoms with van der Waals surface area (Å²) < 4.78 is 39.0. The molecule has 0 spiro atoms. The minimum absolute atomic E-state index is 0.0588. The molecule has 2 aromatic carbocycles. The van der Waals surface area contributed by atoms with E-state index in [1.807, 2.05) is 6.92 Å². The fourth-order valence-electron chi connectivity index (χ4n) is 2.96. The third-order valence-corrected chi connectivity index (χ3v) is 6.31. The van der Waals surface area contributed by atoms with Crippen molar-refractivity contribution in [3.8, 4) is 11.6 Å². The summed E-state index contributed by atoms with van der Waals surface area (Å²) in [6.45, 7) is 2.63. The van der Waals surface area contributed by atoms with Gasteiger partial charge in [0.15, 0.2) is 0 Å². The zero-order chi connectivity index (χ0) is 23.8. The summed E-state index contributed by atoms with van der Waals surface area (Å²) in [4.78, 5) is 16.6. The second-order valence-electron chi connectivity index (χ2n) is 6.93. The first-order valence-corrected chi connectivity index (χ1v) is 12.0. The number of sulfonamides is 1. The summed E-state index contributed by atoms with van der Waals surface area (Å²) in [6, 6.07) is 14.5. The first-order valence-electron chi connectivity index (χ1n) is 10.1. The van der Waals surface area contributed by atoms with Gasteiger partial charge in [0.05, 0.1) is 13.7 Å². The number of aromatic nitrogens is 1. The highest BCUT2D eigenvalue weighted by molar-refractivity contribution is 7.89. The molecule has 174 valence electrons. The molecule has 1 amide bonds. The van der Waals surface area contributed by atoms with Crippen molar-refractivity contribution in [3.63, 3.8) is 0 Å². The maximum absolute atomic E-state index is 12.9. The third-order valence-electron chi connectivity index (χ3n) is 4.64. The van der Waals surface area contributed by atoms with E-state index in [4.69, 9.17) is 21.1 Å². The Labute approximate surface area is 198 Å². The summed E-state index contributed by atoms with van der Waals surface area (Å²) >= 11 is 5.87. The first-order chi connectivity index (χ1) is 15.8. The van der Waals surface area contributed by atoms with Gasteiger partial charge in [0, 0.05) is 35.9 Å². The van der Waals surface area contributed by atoms with Gasteiger partial charge in [-0.2, -0.15) is 0 Å². The van der Waals surface area contributed by atoms with Crippen LogP contribution in [0.3, 0.4) is 0 Å². The van der Waals surface area contributed by atoms with Crippen molar-refractivity contribution in [2.75, 3.05) is 13.7 Å². The van der Waals surface area contributed by atoms with E-state index >= 15 is 0 Å². The van der Waals surface area contributed by atoms with E-state index in [0.717, 1.165) is 11.1 Å². The molecule has 0 radical (unpaired) electrons. The Morgan fingerprint density at radius 3 is 2.48 bits per heavy atom. The number of ether oxygens (including phenoxy) is 2. The van der Waals surface area contributed by atoms with Crippen molar-refractivity contribution in [2.24, 2.45) is 0 Å². The molecule has 3 aromatic rings. The number of pyridine rings is 1. The van der Waals surface area contributed by atoms with Gasteiger partial charge in [0.2, 0.25) is 15.9 Å². The highest BCUT2D eigenvalue weighted by Crippen LogP contribution is 2.25. The van der Waals surface area contributed by atoms with Gasteiger partial charge in [-0.25, -0.2) is 18.1 Å². The number of benzene rings is 2. The van der Waals surface area contributed by atoms with Gasteiger partial charge in [-0.15, -0.1) is 0 Å². The van der Waals surface area contributed by atoms with E-state index in [-0.39, 0.29) is 29.3 Å². The molecule has 3 rings (SSSR count). The maximum atomic E-state index is 12.9. The first kappa shape index (κ1) is 24.5. The molecule has 1 heterocycles. The van der Waals surface area contributed by atoms with Gasteiger partial charge in [-0.05, 0) is 54.4 Å². The molecular weight excluding hydrogens is 466 g/mol. The van der Waals surface area contributed by atoms with Crippen LogP contribution < -0.4 is 19.5 Å². The third kappa shape index (κ3) is 6.67. The fourth-order valence-corrected chi connectivity index (χ4v) is 4.29. The topological polar surface area (TPSA) is 107 Å². The lowest BCUT2D eigenvalue weighted by molar-refractivity contribution is 0.0950. The molecule has 0 bridgehead atoms. The second-order valence-corrected chi connectivity index (χ2v) is 9.11. The Morgan fingerprint density at radius 2 is 1.79 bits per heavy atom. The highest BCUT2D eigenvalue weighted by atomic mass is 35.5. The van der Waals surface area contributed by atoms with Crippen molar-refractivity contribution in [1.29, 1.82) is 0 Å². The molecule has 0 aliphatic heterocycles. The summed E-state index contributed by atoms with van der Waals surface area (Å²) in [5, 5.41) is 3.33. The molecule has 0 saturated heterocycles. The number of nitrogens with zero attached hydrogens (tertiary/aromatic N) is 1. The van der Waals surface area contributed by atoms with E-state index in [9.17, 15) is 13.2 Å². The van der Waals surface area contributed by atoms with E-state index < -0.39 is 15.9 Å². The Hall–Kier alpha value is -3.14. The molecule has 0 unspecified atom stereocenters. The molecule has 10 heteroatoms. The lowest BCUT2D eigenvalue weighted by Crippen LogP contribution is -2.26. The molecule has 0 aliphatic carbocycles. The molecule has 8 nitrogen and oxygen atoms in total. The highest BCUT2D eigenvalue weighted by Gasteiger charge is 2.21. The van der Waals surface area contributed by atoms with Gasteiger partial charge in [-0.1, -0.05) is 23.7 Å². The van der Waals surface area contributed by atoms with Crippen LogP contribution in [0, 0.1) is 0 Å². The number of carbonyl (C=O) groups is 1. The predicted molar refractivity (Wildman–Crippen MR) is 125 cm³/mol. The van der Waals surface area contributed by atoms with E-state index in [0.29, 0.717) is 17.5 Å². The van der Waals surface area contributed by atoms with Crippen LogP contribution in [0.1, 0.15) is 28.4 Å². The monoisotopic (exact) mass is 489 g/mol. The Kier molecular flexibility index (Phi) is 8.26. The molecule has 1 aromatic heterocycles. The average Bonchev–Trinajstić information content (AvgIpc) is 2.82. The molecule has 0 atom stereocenters. The molecule has 0 fully saturated rings. The van der Waals surface area contributed by atoms with Crippen molar-refractivity contribution < 1.29 is 22.7 Å². The van der Waals surface area contributed by atoms with Crippen LogP contribution in [0.4, 0.5) is 0 Å². The van der Waals surface area contributed by atoms with Crippen LogP contribution in [-0.2, 0) is 23.1 Å². The molecular formula is C23H24ClN3O5S. The number of halogens is 1. The zero-order valence-corrected chi connectivity index (χ0v) is 19.7. The number of amides is 1. The molecule has 2 N–H and O–H groups in total. The van der Waals surface area contributed by atoms with E-state index in [1.54, 1.807) is 42.6 Å². The maximum Gasteiger partial charge on any atom is 0.251 e. The lowest BCUT2D eigenvalue weighted by Gasteiger charge is -2.13. The van der Waals surface area contributed by atoms with E-state index in [2.05, 4.69) is 15.0 Å². The second kappa shape index (κ2) is 11.1. The van der Waals surface area contributed by atoms with Crippen LogP contribution in [0.2, 0.25) is 5.02 Å².